The smallest absolute Gasteiger partial charge is 0.255 e. The molecule has 0 spiro atoms. The average molecular weight is 457 g/mol. The number of nitrogens with one attached hydrogen (secondary N) is 1. The average Bonchev–Trinajstić information content (AvgIpc) is 3.28. The summed E-state index contributed by atoms with van der Waals surface area (Å²) in [7, 11) is -3.71. The first-order valence-electron chi connectivity index (χ1n) is 10.4. The Morgan fingerprint density at radius 3 is 2.53 bits per heavy atom. The highest BCUT2D eigenvalue weighted by Gasteiger charge is 2.32. The minimum Gasteiger partial charge on any atom is -0.322 e. The minimum atomic E-state index is -3.71. The summed E-state index contributed by atoms with van der Waals surface area (Å²) < 4.78 is 43.8. The van der Waals surface area contributed by atoms with Crippen LogP contribution in [0, 0.1) is 17.7 Å². The van der Waals surface area contributed by atoms with Gasteiger partial charge in [0.25, 0.3) is 5.91 Å². The Morgan fingerprint density at radius 2 is 1.88 bits per heavy atom. The normalized spacial score (nSPS) is 19.6. The van der Waals surface area contributed by atoms with E-state index in [1.54, 1.807) is 24.5 Å². The van der Waals surface area contributed by atoms with E-state index in [1.807, 2.05) is 13.8 Å². The molecule has 0 saturated carbocycles. The van der Waals surface area contributed by atoms with Crippen molar-refractivity contribution < 1.29 is 17.6 Å². The Hall–Kier alpha value is -3.04. The molecule has 7 nitrogen and oxygen atoms in total. The minimum absolute atomic E-state index is 0.0769. The van der Waals surface area contributed by atoms with Gasteiger partial charge in [-0.05, 0) is 54.7 Å². The Bertz CT molecular complexity index is 1220. The standard InChI is InChI=1S/C23H25FN4O3S/c1-16-10-17(2)14-28(13-16)32(30,31)20-5-3-4-18(11-20)23(29)26-19-6-7-22(21(24)12-19)27-9-8-25-15-27/h3-9,11-12,15-17H,10,13-14H2,1-2H3,(H,26,29)/t16-,17+. The number of halogens is 1. The fraction of sp³-hybridized carbons (Fsp3) is 0.304. The van der Waals surface area contributed by atoms with Crippen molar-refractivity contribution in [3.05, 3.63) is 72.6 Å². The van der Waals surface area contributed by atoms with Crippen molar-refractivity contribution >= 4 is 21.6 Å². The molecule has 2 atom stereocenters. The number of rotatable bonds is 5. The Kier molecular flexibility index (Phi) is 6.12. The van der Waals surface area contributed by atoms with Crippen LogP contribution in [-0.2, 0) is 10.0 Å². The largest absolute Gasteiger partial charge is 0.322 e. The van der Waals surface area contributed by atoms with Crippen LogP contribution in [0.3, 0.4) is 0 Å². The van der Waals surface area contributed by atoms with Crippen LogP contribution in [-0.4, -0.2) is 41.3 Å². The molecule has 1 saturated heterocycles. The summed E-state index contributed by atoms with van der Waals surface area (Å²) in [5, 5.41) is 2.63. The summed E-state index contributed by atoms with van der Waals surface area (Å²) in [5.41, 5.74) is 0.755. The number of hydrogen-bond acceptors (Lipinski definition) is 4. The third kappa shape index (κ3) is 4.58. The molecule has 1 N–H and O–H groups in total. The lowest BCUT2D eigenvalue weighted by Crippen LogP contribution is -2.42. The number of imidazole rings is 1. The number of anilines is 1. The summed E-state index contributed by atoms with van der Waals surface area (Å²) in [4.78, 5) is 16.7. The summed E-state index contributed by atoms with van der Waals surface area (Å²) >= 11 is 0. The fourth-order valence-electron chi connectivity index (χ4n) is 4.15. The van der Waals surface area contributed by atoms with Gasteiger partial charge >= 0.3 is 0 Å². The van der Waals surface area contributed by atoms with E-state index in [9.17, 15) is 17.6 Å². The second-order valence-electron chi connectivity index (χ2n) is 8.39. The fourth-order valence-corrected chi connectivity index (χ4v) is 5.87. The molecular weight excluding hydrogens is 431 g/mol. The lowest BCUT2D eigenvalue weighted by molar-refractivity contribution is 0.102. The second kappa shape index (κ2) is 8.84. The number of amides is 1. The zero-order valence-corrected chi connectivity index (χ0v) is 18.7. The molecule has 0 bridgehead atoms. The van der Waals surface area contributed by atoms with Crippen LogP contribution in [0.5, 0.6) is 0 Å². The van der Waals surface area contributed by atoms with Gasteiger partial charge in [-0.15, -0.1) is 0 Å². The number of aromatic nitrogens is 2. The van der Waals surface area contributed by atoms with E-state index in [1.165, 1.54) is 45.5 Å². The van der Waals surface area contributed by atoms with Crippen molar-refractivity contribution in [2.75, 3.05) is 18.4 Å². The predicted molar refractivity (Wildman–Crippen MR) is 120 cm³/mol. The number of nitrogens with zero attached hydrogens (tertiary/aromatic N) is 3. The summed E-state index contributed by atoms with van der Waals surface area (Å²) in [6.45, 7) is 5.01. The van der Waals surface area contributed by atoms with Gasteiger partial charge in [0, 0.05) is 36.7 Å². The quantitative estimate of drug-likeness (QED) is 0.631. The molecule has 32 heavy (non-hydrogen) atoms. The van der Waals surface area contributed by atoms with Crippen molar-refractivity contribution in [3.63, 3.8) is 0 Å². The number of carbonyl (C=O) groups is 1. The SMILES string of the molecule is C[C@@H]1C[C@H](C)CN(S(=O)(=O)c2cccc(C(=O)Nc3ccc(-n4ccnc4)c(F)c3)c2)C1. The molecule has 1 aliphatic heterocycles. The van der Waals surface area contributed by atoms with Gasteiger partial charge in [-0.2, -0.15) is 4.31 Å². The molecule has 168 valence electrons. The van der Waals surface area contributed by atoms with Crippen LogP contribution in [0.25, 0.3) is 5.69 Å². The van der Waals surface area contributed by atoms with Crippen molar-refractivity contribution in [2.45, 2.75) is 25.2 Å². The first kappa shape index (κ1) is 22.2. The third-order valence-corrected chi connectivity index (χ3v) is 7.39. The molecule has 0 unspecified atom stereocenters. The van der Waals surface area contributed by atoms with Gasteiger partial charge in [0.05, 0.1) is 16.9 Å². The lowest BCUT2D eigenvalue weighted by Gasteiger charge is -2.34. The lowest BCUT2D eigenvalue weighted by atomic mass is 9.94. The molecule has 1 amide bonds. The van der Waals surface area contributed by atoms with Gasteiger partial charge in [0.15, 0.2) is 0 Å². The Labute approximate surface area is 186 Å². The van der Waals surface area contributed by atoms with Crippen LogP contribution >= 0.6 is 0 Å². The molecule has 4 rings (SSSR count). The van der Waals surface area contributed by atoms with Crippen LogP contribution < -0.4 is 5.32 Å². The van der Waals surface area contributed by atoms with Gasteiger partial charge in [-0.1, -0.05) is 19.9 Å². The highest BCUT2D eigenvalue weighted by atomic mass is 32.2. The molecule has 1 aromatic heterocycles. The maximum Gasteiger partial charge on any atom is 0.255 e. The number of carbonyl (C=O) groups excluding carboxylic acids is 1. The van der Waals surface area contributed by atoms with Crippen LogP contribution in [0.4, 0.5) is 10.1 Å². The van der Waals surface area contributed by atoms with E-state index in [2.05, 4.69) is 10.3 Å². The molecule has 0 aliphatic carbocycles. The summed E-state index contributed by atoms with van der Waals surface area (Å²) in [6, 6.07) is 10.3. The van der Waals surface area contributed by atoms with E-state index in [0.29, 0.717) is 18.8 Å². The van der Waals surface area contributed by atoms with E-state index >= 15 is 0 Å². The highest BCUT2D eigenvalue weighted by molar-refractivity contribution is 7.89. The molecule has 1 aliphatic rings. The Morgan fingerprint density at radius 1 is 1.12 bits per heavy atom. The Balaban J connectivity index is 1.53. The van der Waals surface area contributed by atoms with Crippen molar-refractivity contribution in [2.24, 2.45) is 11.8 Å². The van der Waals surface area contributed by atoms with Gasteiger partial charge in [0.1, 0.15) is 5.82 Å². The number of piperidine rings is 1. The molecule has 2 aromatic carbocycles. The zero-order valence-electron chi connectivity index (χ0n) is 17.9. The van der Waals surface area contributed by atoms with Gasteiger partial charge < -0.3 is 9.88 Å². The first-order chi connectivity index (χ1) is 15.2. The molecule has 1 fully saturated rings. The van der Waals surface area contributed by atoms with Crippen LogP contribution in [0.15, 0.2) is 66.1 Å². The number of sulfonamides is 1. The number of hydrogen-bond donors (Lipinski definition) is 1. The van der Waals surface area contributed by atoms with E-state index < -0.39 is 21.7 Å². The van der Waals surface area contributed by atoms with Gasteiger partial charge in [-0.3, -0.25) is 4.79 Å². The van der Waals surface area contributed by atoms with Crippen molar-refractivity contribution in [1.29, 1.82) is 0 Å². The van der Waals surface area contributed by atoms with E-state index in [4.69, 9.17) is 0 Å². The second-order valence-corrected chi connectivity index (χ2v) is 10.3. The molecule has 3 aromatic rings. The maximum absolute atomic E-state index is 14.5. The first-order valence-corrected chi connectivity index (χ1v) is 11.9. The zero-order chi connectivity index (χ0) is 22.9. The molecular formula is C23H25FN4O3S. The van der Waals surface area contributed by atoms with Gasteiger partial charge in [-0.25, -0.2) is 17.8 Å². The number of benzene rings is 2. The predicted octanol–water partition coefficient (Wildman–Crippen LogP) is 3.93. The monoisotopic (exact) mass is 456 g/mol. The summed E-state index contributed by atoms with van der Waals surface area (Å²) in [5.74, 6) is -0.483. The summed E-state index contributed by atoms with van der Waals surface area (Å²) in [6.07, 6.45) is 5.63. The van der Waals surface area contributed by atoms with E-state index in [-0.39, 0.29) is 28.0 Å². The maximum atomic E-state index is 14.5. The van der Waals surface area contributed by atoms with Crippen LogP contribution in [0.2, 0.25) is 0 Å². The van der Waals surface area contributed by atoms with Crippen molar-refractivity contribution in [3.8, 4) is 5.69 Å². The van der Waals surface area contributed by atoms with Crippen LogP contribution in [0.1, 0.15) is 30.6 Å². The highest BCUT2D eigenvalue weighted by Crippen LogP contribution is 2.27. The third-order valence-electron chi connectivity index (χ3n) is 5.56. The topological polar surface area (TPSA) is 84.3 Å². The van der Waals surface area contributed by atoms with Gasteiger partial charge in [0.2, 0.25) is 10.0 Å². The molecule has 0 radical (unpaired) electrons. The molecule has 9 heteroatoms. The molecule has 2 heterocycles. The van der Waals surface area contributed by atoms with E-state index in [0.717, 1.165) is 6.42 Å². The van der Waals surface area contributed by atoms with Crippen molar-refractivity contribution in [1.82, 2.24) is 13.9 Å².